The molecule has 0 radical (unpaired) electrons. The molecule has 1 aromatic carbocycles. The van der Waals surface area contributed by atoms with E-state index in [0.717, 1.165) is 21.2 Å². The van der Waals surface area contributed by atoms with Crippen molar-refractivity contribution < 1.29 is 14.4 Å². The van der Waals surface area contributed by atoms with Crippen molar-refractivity contribution >= 4 is 33.4 Å². The summed E-state index contributed by atoms with van der Waals surface area (Å²) in [5, 5.41) is 2.78. The zero-order valence-corrected chi connectivity index (χ0v) is 15.5. The van der Waals surface area contributed by atoms with Gasteiger partial charge < -0.3 is 5.32 Å². The molecule has 0 spiro atoms. The average molecular weight is 380 g/mol. The smallest absolute Gasteiger partial charge is 0.220 e. The number of halogens is 1. The summed E-state index contributed by atoms with van der Waals surface area (Å²) in [7, 11) is 0. The van der Waals surface area contributed by atoms with Gasteiger partial charge in [0.2, 0.25) is 5.91 Å². The fourth-order valence-corrected chi connectivity index (χ4v) is 4.00. The molecule has 1 aromatic rings. The van der Waals surface area contributed by atoms with Crippen molar-refractivity contribution in [1.82, 2.24) is 5.32 Å². The first-order valence-corrected chi connectivity index (χ1v) is 8.62. The van der Waals surface area contributed by atoms with Crippen LogP contribution in [0.15, 0.2) is 16.6 Å². The molecule has 0 saturated heterocycles. The lowest BCUT2D eigenvalue weighted by Crippen LogP contribution is -2.32. The normalized spacial score (nSPS) is 21.1. The van der Waals surface area contributed by atoms with Gasteiger partial charge in [0.15, 0.2) is 5.78 Å². The molecule has 1 N–H and O–H groups in total. The van der Waals surface area contributed by atoms with Crippen molar-refractivity contribution in [1.29, 1.82) is 0 Å². The van der Waals surface area contributed by atoms with Gasteiger partial charge in [0.1, 0.15) is 11.7 Å². The van der Waals surface area contributed by atoms with Gasteiger partial charge in [0.25, 0.3) is 0 Å². The number of hydrogen-bond donors (Lipinski definition) is 1. The van der Waals surface area contributed by atoms with Crippen LogP contribution in [0.1, 0.15) is 49.3 Å². The molecule has 1 amide bonds. The summed E-state index contributed by atoms with van der Waals surface area (Å²) < 4.78 is 0.932. The van der Waals surface area contributed by atoms with Gasteiger partial charge in [0, 0.05) is 29.3 Å². The minimum atomic E-state index is -0.722. The highest BCUT2D eigenvalue weighted by atomic mass is 79.9. The molecule has 23 heavy (non-hydrogen) atoms. The minimum Gasteiger partial charge on any atom is -0.354 e. The van der Waals surface area contributed by atoms with Gasteiger partial charge in [-0.2, -0.15) is 0 Å². The molecule has 1 aliphatic rings. The predicted octanol–water partition coefficient (Wildman–Crippen LogP) is 3.22. The standard InChI is InChI=1S/C18H22BrNO3/c1-9(2)20-15(22)8-12-7-14(21)17(18(12)23)16-10(3)5-13(19)6-11(16)4/h5-6,9,12,17H,7-8H2,1-4H3,(H,20,22). The van der Waals surface area contributed by atoms with E-state index in [2.05, 4.69) is 21.2 Å². The molecule has 1 fully saturated rings. The van der Waals surface area contributed by atoms with Crippen molar-refractivity contribution in [3.05, 3.63) is 33.3 Å². The highest BCUT2D eigenvalue weighted by Crippen LogP contribution is 2.37. The number of ketones is 2. The molecular formula is C18H22BrNO3. The third-order valence-electron chi connectivity index (χ3n) is 4.19. The number of aryl methyl sites for hydroxylation is 2. The topological polar surface area (TPSA) is 63.2 Å². The Morgan fingerprint density at radius 2 is 1.83 bits per heavy atom. The summed E-state index contributed by atoms with van der Waals surface area (Å²) >= 11 is 3.43. The molecule has 0 aliphatic heterocycles. The van der Waals surface area contributed by atoms with Crippen LogP contribution < -0.4 is 5.32 Å². The summed E-state index contributed by atoms with van der Waals surface area (Å²) in [4.78, 5) is 37.0. The Morgan fingerprint density at radius 1 is 1.26 bits per heavy atom. The first kappa shape index (κ1) is 17.9. The summed E-state index contributed by atoms with van der Waals surface area (Å²) in [5.74, 6) is -1.60. The van der Waals surface area contributed by atoms with Crippen molar-refractivity contribution in [2.45, 2.75) is 52.5 Å². The van der Waals surface area contributed by atoms with Crippen LogP contribution in [0.3, 0.4) is 0 Å². The molecule has 2 unspecified atom stereocenters. The van der Waals surface area contributed by atoms with E-state index in [1.165, 1.54) is 0 Å². The summed E-state index contributed by atoms with van der Waals surface area (Å²) in [6.07, 6.45) is 0.248. The van der Waals surface area contributed by atoms with E-state index in [1.54, 1.807) is 0 Å². The van der Waals surface area contributed by atoms with Crippen LogP contribution in [-0.2, 0) is 14.4 Å². The molecule has 0 bridgehead atoms. The van der Waals surface area contributed by atoms with Crippen LogP contribution in [0.2, 0.25) is 0 Å². The van der Waals surface area contributed by atoms with E-state index < -0.39 is 11.8 Å². The number of rotatable bonds is 4. The van der Waals surface area contributed by atoms with E-state index in [9.17, 15) is 14.4 Å². The highest BCUT2D eigenvalue weighted by molar-refractivity contribution is 9.10. The third kappa shape index (κ3) is 3.89. The summed E-state index contributed by atoms with van der Waals surface area (Å²) in [6, 6.07) is 3.87. The lowest BCUT2D eigenvalue weighted by atomic mass is 9.87. The number of hydrogen-bond acceptors (Lipinski definition) is 3. The Labute approximate surface area is 145 Å². The molecule has 0 aromatic heterocycles. The quantitative estimate of drug-likeness (QED) is 0.816. The second kappa shape index (κ2) is 6.95. The number of carbonyl (C=O) groups excluding carboxylic acids is 3. The largest absolute Gasteiger partial charge is 0.354 e. The molecule has 1 aliphatic carbocycles. The van der Waals surface area contributed by atoms with Crippen molar-refractivity contribution in [3.63, 3.8) is 0 Å². The summed E-state index contributed by atoms with van der Waals surface area (Å²) in [6.45, 7) is 7.56. The zero-order chi connectivity index (χ0) is 17.3. The predicted molar refractivity (Wildman–Crippen MR) is 92.4 cm³/mol. The summed E-state index contributed by atoms with van der Waals surface area (Å²) in [5.41, 5.74) is 2.65. The number of nitrogens with one attached hydrogen (secondary N) is 1. The Hall–Kier alpha value is -1.49. The lowest BCUT2D eigenvalue weighted by Gasteiger charge is -2.16. The van der Waals surface area contributed by atoms with Crippen molar-refractivity contribution in [3.8, 4) is 0 Å². The average Bonchev–Trinajstić information content (AvgIpc) is 2.64. The monoisotopic (exact) mass is 379 g/mol. The van der Waals surface area contributed by atoms with Gasteiger partial charge in [-0.25, -0.2) is 0 Å². The highest BCUT2D eigenvalue weighted by Gasteiger charge is 2.43. The molecular weight excluding hydrogens is 358 g/mol. The molecule has 2 atom stereocenters. The number of carbonyl (C=O) groups is 3. The first-order chi connectivity index (χ1) is 10.7. The SMILES string of the molecule is Cc1cc(Br)cc(C)c1C1C(=O)CC(CC(=O)NC(C)C)C1=O. The van der Waals surface area contributed by atoms with Crippen molar-refractivity contribution in [2.24, 2.45) is 5.92 Å². The van der Waals surface area contributed by atoms with E-state index in [0.29, 0.717) is 0 Å². The molecule has 4 nitrogen and oxygen atoms in total. The van der Waals surface area contributed by atoms with E-state index in [4.69, 9.17) is 0 Å². The first-order valence-electron chi connectivity index (χ1n) is 7.83. The van der Waals surface area contributed by atoms with Crippen LogP contribution in [-0.4, -0.2) is 23.5 Å². The molecule has 1 saturated carbocycles. The lowest BCUT2D eigenvalue weighted by molar-refractivity contribution is -0.128. The number of benzene rings is 1. The van der Waals surface area contributed by atoms with Crippen LogP contribution in [0.25, 0.3) is 0 Å². The Bertz CT molecular complexity index is 643. The Kier molecular flexibility index (Phi) is 5.40. The maximum Gasteiger partial charge on any atom is 0.220 e. The third-order valence-corrected chi connectivity index (χ3v) is 4.64. The van der Waals surface area contributed by atoms with E-state index >= 15 is 0 Å². The van der Waals surface area contributed by atoms with E-state index in [-0.39, 0.29) is 36.4 Å². The zero-order valence-electron chi connectivity index (χ0n) is 13.9. The molecule has 2 rings (SSSR count). The molecule has 5 heteroatoms. The van der Waals surface area contributed by atoms with Crippen LogP contribution >= 0.6 is 15.9 Å². The van der Waals surface area contributed by atoms with Gasteiger partial charge in [0.05, 0.1) is 0 Å². The number of Topliss-reactive ketones (excluding diaryl/α,β-unsaturated/α-hetero) is 2. The number of amides is 1. The maximum absolute atomic E-state index is 12.7. The minimum absolute atomic E-state index is 0.0291. The van der Waals surface area contributed by atoms with Crippen LogP contribution in [0.4, 0.5) is 0 Å². The van der Waals surface area contributed by atoms with Gasteiger partial charge in [-0.3, -0.25) is 14.4 Å². The van der Waals surface area contributed by atoms with E-state index in [1.807, 2.05) is 39.8 Å². The second-order valence-corrected chi connectivity index (χ2v) is 7.50. The second-order valence-electron chi connectivity index (χ2n) is 6.58. The molecule has 0 heterocycles. The van der Waals surface area contributed by atoms with Gasteiger partial charge in [-0.05, 0) is 56.5 Å². The van der Waals surface area contributed by atoms with Crippen LogP contribution in [0.5, 0.6) is 0 Å². The Morgan fingerprint density at radius 3 is 2.35 bits per heavy atom. The van der Waals surface area contributed by atoms with Crippen molar-refractivity contribution in [2.75, 3.05) is 0 Å². The fraction of sp³-hybridized carbons (Fsp3) is 0.500. The fourth-order valence-electron chi connectivity index (χ4n) is 3.31. The Balaban J connectivity index is 2.24. The van der Waals surface area contributed by atoms with Gasteiger partial charge in [-0.1, -0.05) is 15.9 Å². The van der Waals surface area contributed by atoms with Crippen LogP contribution in [0, 0.1) is 19.8 Å². The maximum atomic E-state index is 12.7. The van der Waals surface area contributed by atoms with Gasteiger partial charge >= 0.3 is 0 Å². The van der Waals surface area contributed by atoms with Gasteiger partial charge in [-0.15, -0.1) is 0 Å². The molecule has 124 valence electrons.